The van der Waals surface area contributed by atoms with Gasteiger partial charge in [0.2, 0.25) is 0 Å². The highest BCUT2D eigenvalue weighted by Gasteiger charge is 2.37. The van der Waals surface area contributed by atoms with Crippen LogP contribution in [-0.4, -0.2) is 41.0 Å². The molecule has 0 aromatic carbocycles. The van der Waals surface area contributed by atoms with Crippen molar-refractivity contribution in [1.29, 1.82) is 0 Å². The summed E-state index contributed by atoms with van der Waals surface area (Å²) in [6.07, 6.45) is 1.85. The second kappa shape index (κ2) is 6.12. The molecule has 1 atom stereocenters. The predicted octanol–water partition coefficient (Wildman–Crippen LogP) is 2.49. The highest BCUT2D eigenvalue weighted by molar-refractivity contribution is 6.74. The minimum atomic E-state index is -1.74. The van der Waals surface area contributed by atoms with Gasteiger partial charge in [0.05, 0.1) is 30.5 Å². The van der Waals surface area contributed by atoms with E-state index in [1.165, 1.54) is 0 Å². The fourth-order valence-electron chi connectivity index (χ4n) is 2.33. The fourth-order valence-corrected chi connectivity index (χ4v) is 3.36. The van der Waals surface area contributed by atoms with E-state index < -0.39 is 14.3 Å². The molecule has 0 saturated heterocycles. The summed E-state index contributed by atoms with van der Waals surface area (Å²) in [5, 5.41) is 18.2. The molecule has 1 aliphatic carbocycles. The average Bonchev–Trinajstić information content (AvgIpc) is 2.78. The number of hydrogen-bond donors (Lipinski definition) is 1. The molecule has 22 heavy (non-hydrogen) atoms. The number of hydrogen-bond acceptors (Lipinski definition) is 4. The first kappa shape index (κ1) is 17.1. The number of aryl methyl sites for hydroxylation is 1. The number of aromatic nitrogens is 3. The van der Waals surface area contributed by atoms with Gasteiger partial charge in [0, 0.05) is 6.42 Å². The number of carbonyl (C=O) groups is 1. The largest absolute Gasteiger partial charge is 0.481 e. The summed E-state index contributed by atoms with van der Waals surface area (Å²) in [5.41, 5.74) is 1.79. The number of aliphatic carboxylic acids is 1. The van der Waals surface area contributed by atoms with Crippen molar-refractivity contribution < 1.29 is 14.3 Å². The van der Waals surface area contributed by atoms with Crippen LogP contribution in [0.15, 0.2) is 0 Å². The van der Waals surface area contributed by atoms with Gasteiger partial charge >= 0.3 is 5.97 Å². The van der Waals surface area contributed by atoms with Crippen LogP contribution in [0.3, 0.4) is 0 Å². The van der Waals surface area contributed by atoms with Gasteiger partial charge in [-0.25, -0.2) is 0 Å². The number of carboxylic acids is 1. The zero-order valence-electron chi connectivity index (χ0n) is 14.2. The lowest BCUT2D eigenvalue weighted by Crippen LogP contribution is -2.41. The van der Waals surface area contributed by atoms with E-state index in [1.54, 1.807) is 4.80 Å². The Hall–Kier alpha value is -1.21. The molecule has 1 aromatic rings. The lowest BCUT2D eigenvalue weighted by atomic mass is 9.90. The van der Waals surface area contributed by atoms with E-state index in [2.05, 4.69) is 44.1 Å². The molecule has 1 aliphatic rings. The maximum atomic E-state index is 11.1. The van der Waals surface area contributed by atoms with Crippen molar-refractivity contribution in [1.82, 2.24) is 15.0 Å². The summed E-state index contributed by atoms with van der Waals surface area (Å²) >= 11 is 0. The molecule has 6 nitrogen and oxygen atoms in total. The van der Waals surface area contributed by atoms with Crippen molar-refractivity contribution in [3.63, 3.8) is 0 Å². The first-order chi connectivity index (χ1) is 10.1. The molecule has 0 spiro atoms. The third-order valence-electron chi connectivity index (χ3n) is 4.88. The van der Waals surface area contributed by atoms with E-state index in [1.807, 2.05) is 0 Å². The Labute approximate surface area is 133 Å². The Morgan fingerprint density at radius 1 is 1.36 bits per heavy atom. The Balaban J connectivity index is 1.92. The van der Waals surface area contributed by atoms with Crippen LogP contribution in [0.25, 0.3) is 0 Å². The van der Waals surface area contributed by atoms with Crippen LogP contribution >= 0.6 is 0 Å². The summed E-state index contributed by atoms with van der Waals surface area (Å²) in [5.74, 6) is -1.05. The molecule has 0 bridgehead atoms. The fraction of sp³-hybridized carbons (Fsp3) is 0.800. The topological polar surface area (TPSA) is 77.2 Å². The first-order valence-electron chi connectivity index (χ1n) is 7.90. The van der Waals surface area contributed by atoms with E-state index in [-0.39, 0.29) is 11.0 Å². The van der Waals surface area contributed by atoms with Crippen LogP contribution < -0.4 is 0 Å². The summed E-state index contributed by atoms with van der Waals surface area (Å²) in [6, 6.07) is 0. The van der Waals surface area contributed by atoms with Crippen LogP contribution in [0.5, 0.6) is 0 Å². The van der Waals surface area contributed by atoms with E-state index in [9.17, 15) is 4.79 Å². The molecule has 1 N–H and O–H groups in total. The smallest absolute Gasteiger partial charge is 0.306 e. The molecule has 0 radical (unpaired) electrons. The second-order valence-corrected chi connectivity index (χ2v) is 12.4. The Bertz CT molecular complexity index is 549. The third-order valence-corrected chi connectivity index (χ3v) is 9.42. The monoisotopic (exact) mass is 325 g/mol. The molecule has 0 aliphatic heterocycles. The predicted molar refractivity (Wildman–Crippen MR) is 86.3 cm³/mol. The molecule has 1 unspecified atom stereocenters. The summed E-state index contributed by atoms with van der Waals surface area (Å²) in [6.45, 7) is 12.3. The Morgan fingerprint density at radius 2 is 2.00 bits per heavy atom. The standard InChI is InChI=1S/C15H27N3O3Si/c1-15(2,3)22(4,5)21-9-8-18-16-12-7-6-11(14(19)20)10-13(12)17-18/h11H,6-10H2,1-5H3,(H,19,20). The number of rotatable bonds is 5. The minimum Gasteiger partial charge on any atom is -0.481 e. The molecule has 0 fully saturated rings. The van der Waals surface area contributed by atoms with Crippen molar-refractivity contribution in [2.24, 2.45) is 5.92 Å². The van der Waals surface area contributed by atoms with Crippen LogP contribution in [0.4, 0.5) is 0 Å². The zero-order chi connectivity index (χ0) is 16.5. The SMILES string of the molecule is CC(C)(C)[Si](C)(C)OCCn1nc2c(n1)CC(C(=O)O)CC2. The van der Waals surface area contributed by atoms with Gasteiger partial charge in [-0.15, -0.1) is 0 Å². The normalized spacial score (nSPS) is 19.0. The lowest BCUT2D eigenvalue weighted by molar-refractivity contribution is -0.142. The van der Waals surface area contributed by atoms with Gasteiger partial charge in [0.15, 0.2) is 8.32 Å². The first-order valence-corrected chi connectivity index (χ1v) is 10.8. The van der Waals surface area contributed by atoms with Crippen molar-refractivity contribution in [2.75, 3.05) is 6.61 Å². The molecular formula is C15H27N3O3Si. The van der Waals surface area contributed by atoms with E-state index in [4.69, 9.17) is 9.53 Å². The Kier molecular flexibility index (Phi) is 4.77. The summed E-state index contributed by atoms with van der Waals surface area (Å²) in [7, 11) is -1.74. The second-order valence-electron chi connectivity index (χ2n) is 7.58. The number of fused-ring (bicyclic) bond motifs is 1. The molecule has 0 amide bonds. The van der Waals surface area contributed by atoms with Crippen molar-refractivity contribution in [3.05, 3.63) is 11.4 Å². The molecule has 1 heterocycles. The molecule has 124 valence electrons. The highest BCUT2D eigenvalue weighted by atomic mass is 28.4. The third kappa shape index (κ3) is 3.75. The zero-order valence-corrected chi connectivity index (χ0v) is 15.2. The van der Waals surface area contributed by atoms with Gasteiger partial charge in [-0.2, -0.15) is 15.0 Å². The van der Waals surface area contributed by atoms with Crippen molar-refractivity contribution in [3.8, 4) is 0 Å². The van der Waals surface area contributed by atoms with Crippen LogP contribution in [0, 0.1) is 5.92 Å². The van der Waals surface area contributed by atoms with E-state index in [0.29, 0.717) is 32.4 Å². The van der Waals surface area contributed by atoms with Crippen molar-refractivity contribution >= 4 is 14.3 Å². The van der Waals surface area contributed by atoms with Crippen molar-refractivity contribution in [2.45, 2.75) is 64.7 Å². The number of carboxylic acid groups (broad SMARTS) is 1. The van der Waals surface area contributed by atoms with Gasteiger partial charge in [-0.1, -0.05) is 20.8 Å². The maximum Gasteiger partial charge on any atom is 0.306 e. The van der Waals surface area contributed by atoms with E-state index in [0.717, 1.165) is 11.4 Å². The maximum absolute atomic E-state index is 11.1. The quantitative estimate of drug-likeness (QED) is 0.842. The molecule has 7 heteroatoms. The van der Waals surface area contributed by atoms with Gasteiger partial charge in [-0.05, 0) is 31.0 Å². The van der Waals surface area contributed by atoms with Crippen LogP contribution in [-0.2, 0) is 28.6 Å². The van der Waals surface area contributed by atoms with Gasteiger partial charge < -0.3 is 9.53 Å². The van der Waals surface area contributed by atoms with Crippen LogP contribution in [0.1, 0.15) is 38.6 Å². The molecule has 1 aromatic heterocycles. The minimum absolute atomic E-state index is 0.193. The summed E-state index contributed by atoms with van der Waals surface area (Å²) in [4.78, 5) is 12.7. The molecular weight excluding hydrogens is 298 g/mol. The highest BCUT2D eigenvalue weighted by Crippen LogP contribution is 2.36. The van der Waals surface area contributed by atoms with Gasteiger partial charge in [0.25, 0.3) is 0 Å². The van der Waals surface area contributed by atoms with Gasteiger partial charge in [-0.3, -0.25) is 4.79 Å². The average molecular weight is 325 g/mol. The summed E-state index contributed by atoms with van der Waals surface area (Å²) < 4.78 is 6.13. The lowest BCUT2D eigenvalue weighted by Gasteiger charge is -2.36. The molecule has 2 rings (SSSR count). The van der Waals surface area contributed by atoms with Gasteiger partial charge in [0.1, 0.15) is 0 Å². The Morgan fingerprint density at radius 3 is 2.59 bits per heavy atom. The number of nitrogens with zero attached hydrogens (tertiary/aromatic N) is 3. The van der Waals surface area contributed by atoms with Crippen LogP contribution in [0.2, 0.25) is 18.1 Å². The van der Waals surface area contributed by atoms with E-state index >= 15 is 0 Å². The molecule has 0 saturated carbocycles.